The smallest absolute Gasteiger partial charge is 0.221 e. The standard InChI is InChI=1S/C35H45FO2/c1-4-12-24(2)13-10-8-6-5-7-9-11-14-25(3)15-16-26-21-28(37)22-27-17-18-29-30(34(26)27)19-20-31-32(29)23-33(36)35(31)38/h17-25,37H,4-16H2,1-3H3. The molecular formula is C35H45FO2. The Balaban J connectivity index is 1.29. The number of hydrogen-bond donors (Lipinski definition) is 1. The van der Waals surface area contributed by atoms with Gasteiger partial charge in [-0.3, -0.25) is 4.79 Å². The SMILES string of the molecule is CCCC(C)CCCCCCCCCC(C)CCc1cc(O)cc2ccc3c4c(ccc3c12)C(=O)C(F)=C4. The molecule has 0 amide bonds. The lowest BCUT2D eigenvalue weighted by molar-refractivity contribution is 0.101. The zero-order valence-electron chi connectivity index (χ0n) is 23.6. The number of hydrogen-bond acceptors (Lipinski definition) is 2. The second-order valence-corrected chi connectivity index (χ2v) is 11.8. The van der Waals surface area contributed by atoms with E-state index < -0.39 is 11.6 Å². The molecule has 1 aliphatic rings. The molecule has 0 aliphatic heterocycles. The van der Waals surface area contributed by atoms with Gasteiger partial charge < -0.3 is 5.11 Å². The minimum atomic E-state index is -0.690. The van der Waals surface area contributed by atoms with Gasteiger partial charge in [0.05, 0.1) is 0 Å². The summed E-state index contributed by atoms with van der Waals surface area (Å²) in [6.07, 6.45) is 18.1. The van der Waals surface area contributed by atoms with Crippen molar-refractivity contribution < 1.29 is 14.3 Å². The van der Waals surface area contributed by atoms with Crippen LogP contribution in [0.1, 0.15) is 119 Å². The van der Waals surface area contributed by atoms with Crippen LogP contribution in [0.25, 0.3) is 27.6 Å². The zero-order valence-corrected chi connectivity index (χ0v) is 23.6. The quantitative estimate of drug-likeness (QED) is 0.161. The van der Waals surface area contributed by atoms with Crippen molar-refractivity contribution in [2.24, 2.45) is 11.8 Å². The van der Waals surface area contributed by atoms with Crippen molar-refractivity contribution in [2.45, 2.75) is 104 Å². The Kier molecular flexibility index (Phi) is 9.99. The number of carbonyl (C=O) groups is 1. The highest BCUT2D eigenvalue weighted by atomic mass is 19.1. The Labute approximate surface area is 228 Å². The summed E-state index contributed by atoms with van der Waals surface area (Å²) in [6, 6.07) is 11.3. The fraction of sp³-hybridized carbons (Fsp3) is 0.514. The molecule has 1 N–H and O–H groups in total. The normalized spacial score (nSPS) is 14.7. The molecule has 3 aromatic carbocycles. The number of Topliss-reactive ketones (excluding diaryl/α,β-unsaturated/α-hetero) is 1. The van der Waals surface area contributed by atoms with Gasteiger partial charge in [0.15, 0.2) is 5.83 Å². The summed E-state index contributed by atoms with van der Waals surface area (Å²) < 4.78 is 14.0. The van der Waals surface area contributed by atoms with E-state index in [2.05, 4.69) is 20.8 Å². The Bertz CT molecular complexity index is 1290. The van der Waals surface area contributed by atoms with E-state index in [9.17, 15) is 14.3 Å². The highest BCUT2D eigenvalue weighted by molar-refractivity contribution is 6.22. The average molecular weight is 517 g/mol. The number of allylic oxidation sites excluding steroid dienone is 1. The third-order valence-electron chi connectivity index (χ3n) is 8.54. The largest absolute Gasteiger partial charge is 0.508 e. The van der Waals surface area contributed by atoms with Gasteiger partial charge in [0.2, 0.25) is 5.78 Å². The molecule has 2 atom stereocenters. The summed E-state index contributed by atoms with van der Waals surface area (Å²) in [4.78, 5) is 12.1. The average Bonchev–Trinajstić information content (AvgIpc) is 3.19. The number of carbonyl (C=O) groups excluding carboxylic acids is 1. The summed E-state index contributed by atoms with van der Waals surface area (Å²) in [5, 5.41) is 14.4. The van der Waals surface area contributed by atoms with Crippen LogP contribution < -0.4 is 0 Å². The van der Waals surface area contributed by atoms with Crippen LogP contribution in [0.15, 0.2) is 42.2 Å². The lowest BCUT2D eigenvalue weighted by atomic mass is 9.89. The first kappa shape index (κ1) is 28.3. The summed E-state index contributed by atoms with van der Waals surface area (Å²) in [5.74, 6) is 0.581. The topological polar surface area (TPSA) is 37.3 Å². The third kappa shape index (κ3) is 6.84. The molecule has 3 aromatic rings. The van der Waals surface area contributed by atoms with Crippen LogP contribution in [0, 0.1) is 11.8 Å². The molecule has 0 fully saturated rings. The second-order valence-electron chi connectivity index (χ2n) is 11.8. The Morgan fingerprint density at radius 1 is 0.789 bits per heavy atom. The van der Waals surface area contributed by atoms with Crippen LogP contribution in [-0.4, -0.2) is 10.9 Å². The molecular weight excluding hydrogens is 471 g/mol. The van der Waals surface area contributed by atoms with Crippen molar-refractivity contribution in [1.82, 2.24) is 0 Å². The van der Waals surface area contributed by atoms with Crippen LogP contribution in [0.5, 0.6) is 5.75 Å². The first-order valence-corrected chi connectivity index (χ1v) is 15.0. The van der Waals surface area contributed by atoms with Gasteiger partial charge in [-0.15, -0.1) is 0 Å². The number of aryl methyl sites for hydroxylation is 1. The van der Waals surface area contributed by atoms with Crippen molar-refractivity contribution in [1.29, 1.82) is 0 Å². The number of rotatable bonds is 15. The predicted octanol–water partition coefficient (Wildman–Crippen LogP) is 10.7. The molecule has 2 unspecified atom stereocenters. The fourth-order valence-corrected chi connectivity index (χ4v) is 6.30. The Morgan fingerprint density at radius 2 is 1.42 bits per heavy atom. The van der Waals surface area contributed by atoms with Gasteiger partial charge in [-0.05, 0) is 81.6 Å². The van der Waals surface area contributed by atoms with Crippen molar-refractivity contribution in [3.8, 4) is 5.75 Å². The molecule has 0 aromatic heterocycles. The second kappa shape index (κ2) is 13.4. The molecule has 3 heteroatoms. The zero-order chi connectivity index (χ0) is 27.1. The van der Waals surface area contributed by atoms with Crippen molar-refractivity contribution in [2.75, 3.05) is 0 Å². The maximum absolute atomic E-state index is 14.0. The number of phenolic OH excluding ortho intramolecular Hbond substituents is 1. The molecule has 0 saturated heterocycles. The van der Waals surface area contributed by atoms with Crippen LogP contribution in [0.3, 0.4) is 0 Å². The van der Waals surface area contributed by atoms with Crippen LogP contribution in [-0.2, 0) is 6.42 Å². The molecule has 2 nitrogen and oxygen atoms in total. The first-order chi connectivity index (χ1) is 18.4. The molecule has 0 spiro atoms. The summed E-state index contributed by atoms with van der Waals surface area (Å²) in [6.45, 7) is 7.02. The lowest BCUT2D eigenvalue weighted by Gasteiger charge is -2.15. The van der Waals surface area contributed by atoms with Crippen LogP contribution >= 0.6 is 0 Å². The maximum Gasteiger partial charge on any atom is 0.221 e. The maximum atomic E-state index is 14.0. The van der Waals surface area contributed by atoms with Gasteiger partial charge in [-0.1, -0.05) is 110 Å². The molecule has 4 rings (SSSR count). The summed E-state index contributed by atoms with van der Waals surface area (Å²) in [7, 11) is 0. The molecule has 0 heterocycles. The van der Waals surface area contributed by atoms with E-state index in [0.717, 1.165) is 45.9 Å². The molecule has 204 valence electrons. The molecule has 0 radical (unpaired) electrons. The lowest BCUT2D eigenvalue weighted by Crippen LogP contribution is -1.99. The van der Waals surface area contributed by atoms with Crippen LogP contribution in [0.2, 0.25) is 0 Å². The van der Waals surface area contributed by atoms with Gasteiger partial charge in [-0.2, -0.15) is 0 Å². The van der Waals surface area contributed by atoms with E-state index in [4.69, 9.17) is 0 Å². The number of fused-ring (bicyclic) bond motifs is 5. The first-order valence-electron chi connectivity index (χ1n) is 15.0. The van der Waals surface area contributed by atoms with Gasteiger partial charge in [-0.25, -0.2) is 4.39 Å². The number of aromatic hydroxyl groups is 1. The molecule has 0 saturated carbocycles. The summed E-state index contributed by atoms with van der Waals surface area (Å²) in [5.41, 5.74) is 2.23. The number of unbranched alkanes of at least 4 members (excludes halogenated alkanes) is 6. The van der Waals surface area contributed by atoms with E-state index in [-0.39, 0.29) is 5.75 Å². The number of phenols is 1. The van der Waals surface area contributed by atoms with Gasteiger partial charge in [0, 0.05) is 5.56 Å². The van der Waals surface area contributed by atoms with Gasteiger partial charge in [0.1, 0.15) is 5.75 Å². The van der Waals surface area contributed by atoms with E-state index in [1.54, 1.807) is 12.1 Å². The number of benzene rings is 3. The van der Waals surface area contributed by atoms with Crippen molar-refractivity contribution >= 4 is 33.4 Å². The van der Waals surface area contributed by atoms with Gasteiger partial charge >= 0.3 is 0 Å². The third-order valence-corrected chi connectivity index (χ3v) is 8.54. The summed E-state index contributed by atoms with van der Waals surface area (Å²) >= 11 is 0. The minimum absolute atomic E-state index is 0.279. The van der Waals surface area contributed by atoms with Crippen molar-refractivity contribution in [3.63, 3.8) is 0 Å². The minimum Gasteiger partial charge on any atom is -0.508 e. The van der Waals surface area contributed by atoms with E-state index >= 15 is 0 Å². The van der Waals surface area contributed by atoms with E-state index in [0.29, 0.717) is 17.0 Å². The van der Waals surface area contributed by atoms with E-state index in [1.165, 1.54) is 76.7 Å². The predicted molar refractivity (Wildman–Crippen MR) is 160 cm³/mol. The fourth-order valence-electron chi connectivity index (χ4n) is 6.30. The van der Waals surface area contributed by atoms with Crippen LogP contribution in [0.4, 0.5) is 4.39 Å². The number of ketones is 1. The molecule has 0 bridgehead atoms. The number of halogens is 1. The Hall–Kier alpha value is -2.68. The molecule has 1 aliphatic carbocycles. The van der Waals surface area contributed by atoms with E-state index in [1.807, 2.05) is 24.3 Å². The highest BCUT2D eigenvalue weighted by Gasteiger charge is 2.25. The molecule has 38 heavy (non-hydrogen) atoms. The monoisotopic (exact) mass is 516 g/mol. The van der Waals surface area contributed by atoms with Gasteiger partial charge in [0.25, 0.3) is 0 Å². The van der Waals surface area contributed by atoms with Crippen molar-refractivity contribution in [3.05, 3.63) is 58.9 Å². The highest BCUT2D eigenvalue weighted by Crippen LogP contribution is 2.38. The Morgan fingerprint density at radius 3 is 2.11 bits per heavy atom.